The first-order chi connectivity index (χ1) is 9.72. The molecular formula is C16H26N2O2. The summed E-state index contributed by atoms with van der Waals surface area (Å²) in [4.78, 5) is 4.78. The highest BCUT2D eigenvalue weighted by molar-refractivity contribution is 5.28. The topological polar surface area (TPSA) is 35.9 Å². The second-order valence-corrected chi connectivity index (χ2v) is 5.25. The zero-order valence-electron chi connectivity index (χ0n) is 12.6. The molecule has 0 aliphatic carbocycles. The molecule has 1 fully saturated rings. The molecule has 1 atom stereocenters. The normalized spacial score (nSPS) is 18.9. The molecule has 1 aliphatic rings. The number of nitrogens with zero attached hydrogens (tertiary/aromatic N) is 2. The molecule has 1 aliphatic heterocycles. The first-order valence-electron chi connectivity index (χ1n) is 7.58. The Labute approximate surface area is 122 Å². The van der Waals surface area contributed by atoms with Crippen molar-refractivity contribution in [3.63, 3.8) is 0 Å². The monoisotopic (exact) mass is 278 g/mol. The summed E-state index contributed by atoms with van der Waals surface area (Å²) >= 11 is 0. The van der Waals surface area contributed by atoms with Gasteiger partial charge in [-0.3, -0.25) is 4.90 Å². The van der Waals surface area contributed by atoms with Crippen LogP contribution in [-0.2, 0) is 0 Å². The van der Waals surface area contributed by atoms with Crippen molar-refractivity contribution >= 4 is 0 Å². The zero-order chi connectivity index (χ0) is 14.4. The van der Waals surface area contributed by atoms with Crippen molar-refractivity contribution in [2.24, 2.45) is 0 Å². The van der Waals surface area contributed by atoms with Gasteiger partial charge in [0.25, 0.3) is 0 Å². The van der Waals surface area contributed by atoms with Gasteiger partial charge >= 0.3 is 0 Å². The molecule has 1 unspecified atom stereocenters. The number of β-amino-alcohol motifs (C(OH)–C–C–N with tert-alkyl or cyclic N) is 1. The third-order valence-electron chi connectivity index (χ3n) is 3.92. The van der Waals surface area contributed by atoms with Crippen LogP contribution in [0.25, 0.3) is 0 Å². The maximum atomic E-state index is 10.3. The van der Waals surface area contributed by atoms with Gasteiger partial charge in [0.05, 0.1) is 12.7 Å². The molecule has 1 aromatic carbocycles. The molecule has 1 saturated heterocycles. The fourth-order valence-corrected chi connectivity index (χ4v) is 2.59. The Bertz CT molecular complexity index is 386. The predicted molar refractivity (Wildman–Crippen MR) is 81.1 cm³/mol. The van der Waals surface area contributed by atoms with E-state index in [0.29, 0.717) is 13.2 Å². The summed E-state index contributed by atoms with van der Waals surface area (Å²) in [5.74, 6) is 0.861. The second kappa shape index (κ2) is 7.62. The third-order valence-corrected chi connectivity index (χ3v) is 3.92. The average molecular weight is 278 g/mol. The molecule has 2 rings (SSSR count). The number of aliphatic hydroxyl groups is 1. The number of ether oxygens (including phenoxy) is 1. The van der Waals surface area contributed by atoms with Gasteiger partial charge in [-0.05, 0) is 31.2 Å². The van der Waals surface area contributed by atoms with Crippen LogP contribution in [0.5, 0.6) is 5.75 Å². The van der Waals surface area contributed by atoms with Crippen molar-refractivity contribution in [2.45, 2.75) is 20.0 Å². The molecule has 112 valence electrons. The predicted octanol–water partition coefficient (Wildman–Crippen LogP) is 1.76. The van der Waals surface area contributed by atoms with Crippen LogP contribution >= 0.6 is 0 Å². The van der Waals surface area contributed by atoms with Gasteiger partial charge in [-0.15, -0.1) is 0 Å². The fourth-order valence-electron chi connectivity index (χ4n) is 2.59. The van der Waals surface area contributed by atoms with Crippen LogP contribution < -0.4 is 4.74 Å². The Morgan fingerprint density at radius 2 is 1.65 bits per heavy atom. The van der Waals surface area contributed by atoms with E-state index in [2.05, 4.69) is 16.7 Å². The van der Waals surface area contributed by atoms with E-state index in [0.717, 1.165) is 44.0 Å². The standard InChI is InChI=1S/C16H26N2O2/c1-3-17-9-11-18(12-10-17)13-16(19)14-5-7-15(8-6-14)20-4-2/h5-8,16,19H,3-4,9-13H2,1-2H3. The molecule has 0 bridgehead atoms. The lowest BCUT2D eigenvalue weighted by atomic mass is 10.1. The molecule has 0 spiro atoms. The van der Waals surface area contributed by atoms with Gasteiger partial charge in [-0.2, -0.15) is 0 Å². The minimum atomic E-state index is -0.418. The number of rotatable bonds is 6. The van der Waals surface area contributed by atoms with E-state index in [-0.39, 0.29) is 0 Å². The Hall–Kier alpha value is -1.10. The molecule has 0 amide bonds. The van der Waals surface area contributed by atoms with Gasteiger partial charge in [-0.1, -0.05) is 19.1 Å². The fraction of sp³-hybridized carbons (Fsp3) is 0.625. The molecule has 0 aromatic heterocycles. The van der Waals surface area contributed by atoms with Crippen LogP contribution in [0.3, 0.4) is 0 Å². The molecular weight excluding hydrogens is 252 g/mol. The SMILES string of the molecule is CCOc1ccc(C(O)CN2CCN(CC)CC2)cc1. The van der Waals surface area contributed by atoms with Crippen molar-refractivity contribution in [3.05, 3.63) is 29.8 Å². The highest BCUT2D eigenvalue weighted by Gasteiger charge is 2.18. The average Bonchev–Trinajstić information content (AvgIpc) is 2.49. The molecule has 1 aromatic rings. The first kappa shape index (κ1) is 15.3. The lowest BCUT2D eigenvalue weighted by Gasteiger charge is -2.35. The summed E-state index contributed by atoms with van der Waals surface area (Å²) in [6.45, 7) is 11.0. The highest BCUT2D eigenvalue weighted by Crippen LogP contribution is 2.19. The molecule has 4 nitrogen and oxygen atoms in total. The summed E-state index contributed by atoms with van der Waals surface area (Å²) in [5, 5.41) is 10.3. The number of piperazine rings is 1. The summed E-state index contributed by atoms with van der Waals surface area (Å²) in [5.41, 5.74) is 0.964. The van der Waals surface area contributed by atoms with E-state index in [1.54, 1.807) is 0 Å². The van der Waals surface area contributed by atoms with Crippen LogP contribution in [0.1, 0.15) is 25.5 Å². The summed E-state index contributed by atoms with van der Waals surface area (Å²) in [7, 11) is 0. The van der Waals surface area contributed by atoms with Crippen LogP contribution in [0.4, 0.5) is 0 Å². The highest BCUT2D eigenvalue weighted by atomic mass is 16.5. The van der Waals surface area contributed by atoms with Gasteiger partial charge in [0, 0.05) is 32.7 Å². The van der Waals surface area contributed by atoms with Crippen LogP contribution in [0, 0.1) is 0 Å². The van der Waals surface area contributed by atoms with E-state index in [9.17, 15) is 5.11 Å². The number of hydrogen-bond acceptors (Lipinski definition) is 4. The minimum Gasteiger partial charge on any atom is -0.494 e. The van der Waals surface area contributed by atoms with Crippen molar-refractivity contribution < 1.29 is 9.84 Å². The minimum absolute atomic E-state index is 0.418. The van der Waals surface area contributed by atoms with Crippen molar-refractivity contribution in [2.75, 3.05) is 45.9 Å². The van der Waals surface area contributed by atoms with E-state index >= 15 is 0 Å². The first-order valence-corrected chi connectivity index (χ1v) is 7.58. The lowest BCUT2D eigenvalue weighted by molar-refractivity contribution is 0.0744. The van der Waals surface area contributed by atoms with Crippen LogP contribution in [0.15, 0.2) is 24.3 Å². The number of benzene rings is 1. The third kappa shape index (κ3) is 4.20. The van der Waals surface area contributed by atoms with Crippen molar-refractivity contribution in [1.29, 1.82) is 0 Å². The van der Waals surface area contributed by atoms with Gasteiger partial charge in [0.15, 0.2) is 0 Å². The summed E-state index contributed by atoms with van der Waals surface area (Å²) < 4.78 is 5.42. The smallest absolute Gasteiger partial charge is 0.119 e. The summed E-state index contributed by atoms with van der Waals surface area (Å²) in [6, 6.07) is 7.77. The number of likely N-dealkylation sites (N-methyl/N-ethyl adjacent to an activating group) is 1. The van der Waals surface area contributed by atoms with Crippen LogP contribution in [0.2, 0.25) is 0 Å². The molecule has 1 heterocycles. The molecule has 0 radical (unpaired) electrons. The summed E-state index contributed by atoms with van der Waals surface area (Å²) in [6.07, 6.45) is -0.418. The van der Waals surface area contributed by atoms with E-state index < -0.39 is 6.10 Å². The maximum absolute atomic E-state index is 10.3. The Balaban J connectivity index is 1.83. The van der Waals surface area contributed by atoms with Gasteiger partial charge in [0.2, 0.25) is 0 Å². The number of aliphatic hydroxyl groups excluding tert-OH is 1. The van der Waals surface area contributed by atoms with Gasteiger partial charge < -0.3 is 14.7 Å². The van der Waals surface area contributed by atoms with Gasteiger partial charge in [-0.25, -0.2) is 0 Å². The molecule has 20 heavy (non-hydrogen) atoms. The zero-order valence-corrected chi connectivity index (χ0v) is 12.6. The Morgan fingerprint density at radius 1 is 1.05 bits per heavy atom. The maximum Gasteiger partial charge on any atom is 0.119 e. The van der Waals surface area contributed by atoms with Crippen molar-refractivity contribution in [3.8, 4) is 5.75 Å². The lowest BCUT2D eigenvalue weighted by Crippen LogP contribution is -2.47. The molecule has 4 heteroatoms. The van der Waals surface area contributed by atoms with Crippen LogP contribution in [-0.4, -0.2) is 60.8 Å². The number of hydrogen-bond donors (Lipinski definition) is 1. The second-order valence-electron chi connectivity index (χ2n) is 5.25. The molecule has 0 saturated carbocycles. The van der Waals surface area contributed by atoms with Gasteiger partial charge in [0.1, 0.15) is 5.75 Å². The van der Waals surface area contributed by atoms with E-state index in [4.69, 9.17) is 4.74 Å². The van der Waals surface area contributed by atoms with E-state index in [1.807, 2.05) is 31.2 Å². The molecule has 1 N–H and O–H groups in total. The Morgan fingerprint density at radius 3 is 2.20 bits per heavy atom. The van der Waals surface area contributed by atoms with E-state index in [1.165, 1.54) is 0 Å². The quantitative estimate of drug-likeness (QED) is 0.860. The van der Waals surface area contributed by atoms with Crippen molar-refractivity contribution in [1.82, 2.24) is 9.80 Å². The largest absolute Gasteiger partial charge is 0.494 e. The Kier molecular flexibility index (Phi) is 5.83.